The van der Waals surface area contributed by atoms with E-state index in [4.69, 9.17) is 44.9 Å². The number of alkyl halides is 3. The number of carbonyl (C=O) groups is 1. The average Bonchev–Trinajstić information content (AvgIpc) is 2.27. The number of rotatable bonds is 2. The van der Waals surface area contributed by atoms with Crippen LogP contribution in [0, 0.1) is 5.41 Å². The molecule has 0 bridgehead atoms. The third-order valence-corrected chi connectivity index (χ3v) is 2.29. The number of nitrogens with one attached hydrogen (secondary N) is 1. The lowest BCUT2D eigenvalue weighted by atomic mass is 10.2. The molecule has 7 heteroatoms. The van der Waals surface area contributed by atoms with Crippen molar-refractivity contribution in [1.29, 1.82) is 5.41 Å². The van der Waals surface area contributed by atoms with Gasteiger partial charge >= 0.3 is 5.97 Å². The molecule has 0 atom stereocenters. The fraction of sp³-hybridized carbons (Fsp3) is 0.200. The lowest BCUT2D eigenvalue weighted by Gasteiger charge is -2.12. The predicted molar refractivity (Wildman–Crippen MR) is 66.4 cm³/mol. The van der Waals surface area contributed by atoms with Gasteiger partial charge in [0.15, 0.2) is 0 Å². The summed E-state index contributed by atoms with van der Waals surface area (Å²) in [5.41, 5.74) is 0.227. The number of hydrogen-bond donors (Lipinski definition) is 1. The molecule has 1 aromatic carbocycles. The number of halogens is 3. The molecule has 0 aliphatic rings. The van der Waals surface area contributed by atoms with E-state index >= 15 is 0 Å². The number of hydrogen-bond acceptors (Lipinski definition) is 4. The molecule has 0 spiro atoms. The van der Waals surface area contributed by atoms with Crippen molar-refractivity contribution in [1.82, 2.24) is 0 Å². The molecule has 92 valence electrons. The van der Waals surface area contributed by atoms with Gasteiger partial charge < -0.3 is 9.47 Å². The Labute approximate surface area is 113 Å². The van der Waals surface area contributed by atoms with Crippen LogP contribution in [0.3, 0.4) is 0 Å². The Kier molecular flexibility index (Phi) is 4.62. The quantitative estimate of drug-likeness (QED) is 0.394. The lowest BCUT2D eigenvalue weighted by molar-refractivity contribution is 0.0711. The summed E-state index contributed by atoms with van der Waals surface area (Å²) in [6.07, 6.45) is 0. The van der Waals surface area contributed by atoms with Gasteiger partial charge in [0.2, 0.25) is 5.90 Å². The van der Waals surface area contributed by atoms with Crippen molar-refractivity contribution in [3.63, 3.8) is 0 Å². The minimum absolute atomic E-state index is 0.227. The fourth-order valence-corrected chi connectivity index (χ4v) is 1.05. The molecule has 1 rings (SSSR count). The highest BCUT2D eigenvalue weighted by molar-refractivity contribution is 6.76. The van der Waals surface area contributed by atoms with E-state index in [2.05, 4.69) is 4.74 Å². The first kappa shape index (κ1) is 14.1. The third-order valence-electron chi connectivity index (χ3n) is 1.78. The zero-order valence-corrected chi connectivity index (χ0v) is 10.9. The smallest absolute Gasteiger partial charge is 0.344 e. The molecule has 1 aromatic rings. The van der Waals surface area contributed by atoms with E-state index in [9.17, 15) is 4.79 Å². The SMILES string of the molecule is COc1ccc(C(=O)OC(=N)C(Cl)(Cl)Cl)cc1. The van der Waals surface area contributed by atoms with E-state index in [1.807, 2.05) is 0 Å². The van der Waals surface area contributed by atoms with E-state index in [0.29, 0.717) is 5.75 Å². The molecule has 0 aromatic heterocycles. The Balaban J connectivity index is 2.73. The van der Waals surface area contributed by atoms with Crippen LogP contribution in [0.5, 0.6) is 5.75 Å². The largest absolute Gasteiger partial charge is 0.497 e. The highest BCUT2D eigenvalue weighted by Gasteiger charge is 2.30. The van der Waals surface area contributed by atoms with Crippen LogP contribution in [0.4, 0.5) is 0 Å². The highest BCUT2D eigenvalue weighted by Crippen LogP contribution is 2.28. The van der Waals surface area contributed by atoms with Crippen LogP contribution in [0.25, 0.3) is 0 Å². The summed E-state index contributed by atoms with van der Waals surface area (Å²) >= 11 is 16.1. The number of methoxy groups -OCH3 is 1. The Morgan fingerprint density at radius 3 is 2.18 bits per heavy atom. The minimum Gasteiger partial charge on any atom is -0.497 e. The van der Waals surface area contributed by atoms with Gasteiger partial charge in [-0.05, 0) is 24.3 Å². The maximum Gasteiger partial charge on any atom is 0.344 e. The van der Waals surface area contributed by atoms with Gasteiger partial charge in [-0.3, -0.25) is 5.41 Å². The molecule has 0 amide bonds. The zero-order valence-electron chi connectivity index (χ0n) is 8.67. The number of ether oxygens (including phenoxy) is 2. The Morgan fingerprint density at radius 1 is 1.24 bits per heavy atom. The van der Waals surface area contributed by atoms with Crippen molar-refractivity contribution >= 4 is 46.7 Å². The van der Waals surface area contributed by atoms with E-state index in [1.165, 1.54) is 19.2 Å². The molecule has 0 aliphatic heterocycles. The van der Waals surface area contributed by atoms with Crippen molar-refractivity contribution in [2.24, 2.45) is 0 Å². The van der Waals surface area contributed by atoms with Gasteiger partial charge in [0.1, 0.15) is 5.75 Å². The number of carbonyl (C=O) groups excluding carboxylic acids is 1. The molecule has 4 nitrogen and oxygen atoms in total. The first-order chi connectivity index (χ1) is 7.84. The van der Waals surface area contributed by atoms with Gasteiger partial charge in [0, 0.05) is 0 Å². The second kappa shape index (κ2) is 5.58. The van der Waals surface area contributed by atoms with Crippen molar-refractivity contribution in [3.8, 4) is 5.75 Å². The van der Waals surface area contributed by atoms with Crippen LogP contribution in [0.1, 0.15) is 10.4 Å². The molecule has 1 N–H and O–H groups in total. The molecular weight excluding hydrogens is 288 g/mol. The highest BCUT2D eigenvalue weighted by atomic mass is 35.6. The molecule has 17 heavy (non-hydrogen) atoms. The molecule has 0 fully saturated rings. The fourth-order valence-electron chi connectivity index (χ4n) is 0.937. The minimum atomic E-state index is -2.05. The average molecular weight is 297 g/mol. The normalized spacial score (nSPS) is 10.8. The first-order valence-electron chi connectivity index (χ1n) is 4.36. The second-order valence-corrected chi connectivity index (χ2v) is 5.23. The molecular formula is C10H8Cl3NO3. The van der Waals surface area contributed by atoms with Gasteiger partial charge in [-0.1, -0.05) is 34.8 Å². The third kappa shape index (κ3) is 4.07. The van der Waals surface area contributed by atoms with Gasteiger partial charge in [-0.2, -0.15) is 0 Å². The number of esters is 1. The molecule has 0 heterocycles. The first-order valence-corrected chi connectivity index (χ1v) is 5.50. The Hall–Kier alpha value is -0.970. The molecule has 0 aliphatic carbocycles. The van der Waals surface area contributed by atoms with E-state index in [1.54, 1.807) is 12.1 Å². The summed E-state index contributed by atoms with van der Waals surface area (Å²) in [7, 11) is 1.51. The van der Waals surface area contributed by atoms with Crippen LogP contribution in [-0.4, -0.2) is 22.8 Å². The standard InChI is InChI=1S/C10H8Cl3NO3/c1-16-7-4-2-6(3-5-7)8(15)17-9(14)10(11,12)13/h2-5,14H,1H3. The second-order valence-electron chi connectivity index (χ2n) is 2.94. The topological polar surface area (TPSA) is 59.4 Å². The Morgan fingerprint density at radius 2 is 1.76 bits per heavy atom. The van der Waals surface area contributed by atoms with E-state index in [-0.39, 0.29) is 5.56 Å². The van der Waals surface area contributed by atoms with Crippen LogP contribution >= 0.6 is 34.8 Å². The maximum atomic E-state index is 11.5. The van der Waals surface area contributed by atoms with Crippen molar-refractivity contribution in [2.45, 2.75) is 3.79 Å². The maximum absolute atomic E-state index is 11.5. The summed E-state index contributed by atoms with van der Waals surface area (Å²) in [6, 6.07) is 6.12. The molecule has 0 saturated heterocycles. The van der Waals surface area contributed by atoms with Crippen LogP contribution in [0.2, 0.25) is 0 Å². The monoisotopic (exact) mass is 295 g/mol. The van der Waals surface area contributed by atoms with Crippen molar-refractivity contribution < 1.29 is 14.3 Å². The van der Waals surface area contributed by atoms with Gasteiger partial charge in [-0.15, -0.1) is 0 Å². The van der Waals surface area contributed by atoms with E-state index < -0.39 is 15.7 Å². The van der Waals surface area contributed by atoms with Crippen molar-refractivity contribution in [2.75, 3.05) is 7.11 Å². The Bertz CT molecular complexity index is 425. The van der Waals surface area contributed by atoms with E-state index in [0.717, 1.165) is 0 Å². The van der Waals surface area contributed by atoms with Gasteiger partial charge in [0.05, 0.1) is 12.7 Å². The predicted octanol–water partition coefficient (Wildman–Crippen LogP) is 3.20. The molecule has 0 saturated carbocycles. The van der Waals surface area contributed by atoms with Gasteiger partial charge in [-0.25, -0.2) is 4.79 Å². The van der Waals surface area contributed by atoms with Crippen molar-refractivity contribution in [3.05, 3.63) is 29.8 Å². The van der Waals surface area contributed by atoms with Crippen LogP contribution in [-0.2, 0) is 4.74 Å². The van der Waals surface area contributed by atoms with Gasteiger partial charge in [0.25, 0.3) is 3.79 Å². The lowest BCUT2D eigenvalue weighted by Crippen LogP contribution is -2.24. The summed E-state index contributed by atoms with van der Waals surface area (Å²) in [5, 5.41) is 7.23. The molecule has 0 unspecified atom stereocenters. The number of benzene rings is 1. The summed E-state index contributed by atoms with van der Waals surface area (Å²) < 4.78 is 7.46. The van der Waals surface area contributed by atoms with Crippen LogP contribution < -0.4 is 4.74 Å². The summed E-state index contributed by atoms with van der Waals surface area (Å²) in [4.78, 5) is 11.5. The summed E-state index contributed by atoms with van der Waals surface area (Å²) in [6.45, 7) is 0. The zero-order chi connectivity index (χ0) is 13.1. The molecule has 0 radical (unpaired) electrons. The summed E-state index contributed by atoms with van der Waals surface area (Å²) in [5.74, 6) is -0.926. The van der Waals surface area contributed by atoms with Crippen LogP contribution in [0.15, 0.2) is 24.3 Å².